The van der Waals surface area contributed by atoms with Crippen LogP contribution in [0.1, 0.15) is 60.6 Å². The summed E-state index contributed by atoms with van der Waals surface area (Å²) in [5, 5.41) is 15.6. The van der Waals surface area contributed by atoms with Crippen molar-refractivity contribution in [1.29, 1.82) is 0 Å². The number of hydrogen-bond acceptors (Lipinski definition) is 6. The van der Waals surface area contributed by atoms with Crippen molar-refractivity contribution >= 4 is 17.7 Å². The zero-order chi connectivity index (χ0) is 28.8. The van der Waals surface area contributed by atoms with E-state index in [1.165, 1.54) is 29.9 Å². The van der Waals surface area contributed by atoms with E-state index in [0.717, 1.165) is 50.0 Å². The van der Waals surface area contributed by atoms with Gasteiger partial charge < -0.3 is 24.6 Å². The fourth-order valence-corrected chi connectivity index (χ4v) is 8.16. The lowest BCUT2D eigenvalue weighted by atomic mass is 9.80. The molecule has 1 amide bonds. The van der Waals surface area contributed by atoms with Crippen LogP contribution in [0.2, 0.25) is 0 Å². The molecule has 6 rings (SSSR count). The van der Waals surface area contributed by atoms with Gasteiger partial charge in [-0.15, -0.1) is 0 Å². The number of aromatic nitrogens is 2. The highest BCUT2D eigenvalue weighted by Crippen LogP contribution is 2.41. The van der Waals surface area contributed by atoms with Crippen molar-refractivity contribution in [2.75, 3.05) is 44.4 Å². The highest BCUT2D eigenvalue weighted by molar-refractivity contribution is 7.99. The first-order chi connectivity index (χ1) is 20.6. The van der Waals surface area contributed by atoms with E-state index in [9.17, 15) is 9.90 Å². The fourth-order valence-electron chi connectivity index (χ4n) is 6.95. The highest BCUT2D eigenvalue weighted by Gasteiger charge is 2.43. The predicted molar refractivity (Wildman–Crippen MR) is 169 cm³/mol. The number of ether oxygens (including phenoxy) is 1. The lowest BCUT2D eigenvalue weighted by Crippen LogP contribution is -2.54. The zero-order valence-electron chi connectivity index (χ0n) is 24.5. The number of rotatable bonds is 9. The number of nitrogens with one attached hydrogen (secondary N) is 1. The van der Waals surface area contributed by atoms with Crippen LogP contribution in [-0.4, -0.2) is 81.5 Å². The van der Waals surface area contributed by atoms with Gasteiger partial charge in [0.1, 0.15) is 5.60 Å². The maximum Gasteiger partial charge on any atom is 0.275 e. The highest BCUT2D eigenvalue weighted by atomic mass is 32.2. The smallest absolute Gasteiger partial charge is 0.275 e. The van der Waals surface area contributed by atoms with Crippen LogP contribution >= 0.6 is 11.8 Å². The Morgan fingerprint density at radius 1 is 1.05 bits per heavy atom. The molecule has 2 aromatic carbocycles. The SMILES string of the molecule is O=C(c1ncn(C2CCCCC2(O)COCC2CCSCC2)c1-c1ccccc1)N1CCNC[C@H]1Cc1ccccc1. The number of amides is 1. The Labute approximate surface area is 254 Å². The molecule has 1 saturated carbocycles. The maximum absolute atomic E-state index is 14.3. The summed E-state index contributed by atoms with van der Waals surface area (Å²) in [5.41, 5.74) is 2.43. The summed E-state index contributed by atoms with van der Waals surface area (Å²) >= 11 is 2.02. The summed E-state index contributed by atoms with van der Waals surface area (Å²) in [6, 6.07) is 20.3. The van der Waals surface area contributed by atoms with E-state index < -0.39 is 5.60 Å². The number of aliphatic hydroxyl groups is 1. The van der Waals surface area contributed by atoms with Crippen molar-refractivity contribution in [3.8, 4) is 11.3 Å². The van der Waals surface area contributed by atoms with Crippen molar-refractivity contribution < 1.29 is 14.6 Å². The first-order valence-corrected chi connectivity index (χ1v) is 16.8. The summed E-state index contributed by atoms with van der Waals surface area (Å²) in [4.78, 5) is 21.1. The van der Waals surface area contributed by atoms with Gasteiger partial charge in [-0.05, 0) is 55.1 Å². The summed E-state index contributed by atoms with van der Waals surface area (Å²) in [5.74, 6) is 2.94. The van der Waals surface area contributed by atoms with Crippen LogP contribution in [0.15, 0.2) is 67.0 Å². The Morgan fingerprint density at radius 2 is 1.81 bits per heavy atom. The minimum absolute atomic E-state index is 0.0409. The van der Waals surface area contributed by atoms with Gasteiger partial charge in [0.25, 0.3) is 5.91 Å². The van der Waals surface area contributed by atoms with Gasteiger partial charge in [0.2, 0.25) is 0 Å². The van der Waals surface area contributed by atoms with Crippen molar-refractivity contribution in [2.24, 2.45) is 5.92 Å². The predicted octanol–water partition coefficient (Wildman–Crippen LogP) is 5.21. The van der Waals surface area contributed by atoms with Crippen molar-refractivity contribution in [3.05, 3.63) is 78.2 Å². The van der Waals surface area contributed by atoms with Gasteiger partial charge in [0.15, 0.2) is 5.69 Å². The number of piperazine rings is 1. The third-order valence-electron chi connectivity index (χ3n) is 9.31. The number of carbonyl (C=O) groups excluding carboxylic acids is 1. The molecule has 8 heteroatoms. The normalized spacial score (nSPS) is 25.4. The summed E-state index contributed by atoms with van der Waals surface area (Å²) in [7, 11) is 0. The van der Waals surface area contributed by atoms with Gasteiger partial charge in [0.05, 0.1) is 24.7 Å². The minimum atomic E-state index is -1.00. The lowest BCUT2D eigenvalue weighted by molar-refractivity contribution is -0.104. The molecule has 224 valence electrons. The van der Waals surface area contributed by atoms with Gasteiger partial charge in [0, 0.05) is 37.8 Å². The molecule has 3 aliphatic rings. The van der Waals surface area contributed by atoms with E-state index in [1.807, 2.05) is 53.1 Å². The van der Waals surface area contributed by atoms with E-state index in [-0.39, 0.29) is 18.0 Å². The van der Waals surface area contributed by atoms with Crippen LogP contribution in [-0.2, 0) is 11.2 Å². The molecule has 1 aromatic heterocycles. The Kier molecular flexibility index (Phi) is 9.64. The topological polar surface area (TPSA) is 79.6 Å². The van der Waals surface area contributed by atoms with Crippen molar-refractivity contribution in [2.45, 2.75) is 62.6 Å². The number of imidazole rings is 1. The molecule has 0 radical (unpaired) electrons. The molecule has 0 spiro atoms. The molecule has 0 bridgehead atoms. The van der Waals surface area contributed by atoms with E-state index in [2.05, 4.69) is 34.1 Å². The second kappa shape index (κ2) is 13.8. The average molecular weight is 589 g/mol. The first-order valence-electron chi connectivity index (χ1n) is 15.7. The van der Waals surface area contributed by atoms with Crippen LogP contribution in [0, 0.1) is 5.92 Å². The van der Waals surface area contributed by atoms with E-state index in [0.29, 0.717) is 37.8 Å². The standard InChI is InChI=1S/C34H44N4O3S/c39-33(37-18-17-35-22-29(37)21-26-9-3-1-4-10-26)31-32(28-11-5-2-6-12-28)38(25-36-31)30-13-7-8-16-34(30,40)24-41-23-27-14-19-42-20-15-27/h1-6,9-12,25,27,29-30,35,40H,7-8,13-24H2/t29-,30?,34?/m1/s1. The fraction of sp³-hybridized carbons (Fsp3) is 0.529. The Morgan fingerprint density at radius 3 is 2.60 bits per heavy atom. The molecule has 2 N–H and O–H groups in total. The van der Waals surface area contributed by atoms with Crippen LogP contribution in [0.4, 0.5) is 0 Å². The number of nitrogens with zero attached hydrogens (tertiary/aromatic N) is 3. The molecule has 2 saturated heterocycles. The second-order valence-electron chi connectivity index (χ2n) is 12.2. The monoisotopic (exact) mass is 588 g/mol. The molecule has 3 aromatic rings. The minimum Gasteiger partial charge on any atom is -0.385 e. The zero-order valence-corrected chi connectivity index (χ0v) is 25.3. The molecular weight excluding hydrogens is 544 g/mol. The Balaban J connectivity index is 1.29. The maximum atomic E-state index is 14.3. The van der Waals surface area contributed by atoms with Crippen LogP contribution in [0.25, 0.3) is 11.3 Å². The van der Waals surface area contributed by atoms with Gasteiger partial charge in [-0.3, -0.25) is 4.79 Å². The van der Waals surface area contributed by atoms with Crippen molar-refractivity contribution in [1.82, 2.24) is 19.8 Å². The summed E-state index contributed by atoms with van der Waals surface area (Å²) in [6.07, 6.45) is 8.48. The molecule has 2 unspecified atom stereocenters. The van der Waals surface area contributed by atoms with Crippen molar-refractivity contribution in [3.63, 3.8) is 0 Å². The number of benzene rings is 2. The number of thioether (sulfide) groups is 1. The molecule has 2 aliphatic heterocycles. The molecule has 3 fully saturated rings. The largest absolute Gasteiger partial charge is 0.385 e. The third kappa shape index (κ3) is 6.62. The van der Waals surface area contributed by atoms with Gasteiger partial charge >= 0.3 is 0 Å². The Bertz CT molecular complexity index is 1300. The third-order valence-corrected chi connectivity index (χ3v) is 10.4. The molecular formula is C34H44N4O3S. The van der Waals surface area contributed by atoms with Crippen LogP contribution in [0.5, 0.6) is 0 Å². The van der Waals surface area contributed by atoms with Crippen LogP contribution in [0.3, 0.4) is 0 Å². The number of hydrogen-bond donors (Lipinski definition) is 2. The molecule has 7 nitrogen and oxygen atoms in total. The summed E-state index contributed by atoms with van der Waals surface area (Å²) in [6.45, 7) is 3.17. The molecule has 42 heavy (non-hydrogen) atoms. The lowest BCUT2D eigenvalue weighted by Gasteiger charge is -2.41. The Hall–Kier alpha value is -2.65. The van der Waals surface area contributed by atoms with Crippen LogP contribution < -0.4 is 5.32 Å². The number of carbonyl (C=O) groups is 1. The second-order valence-corrected chi connectivity index (χ2v) is 13.4. The molecule has 3 atom stereocenters. The van der Waals surface area contributed by atoms with E-state index in [4.69, 9.17) is 9.72 Å². The first kappa shape index (κ1) is 29.4. The summed E-state index contributed by atoms with van der Waals surface area (Å²) < 4.78 is 8.35. The molecule has 1 aliphatic carbocycles. The van der Waals surface area contributed by atoms with E-state index in [1.54, 1.807) is 6.33 Å². The molecule has 3 heterocycles. The van der Waals surface area contributed by atoms with Gasteiger partial charge in [-0.1, -0.05) is 73.5 Å². The van der Waals surface area contributed by atoms with E-state index >= 15 is 0 Å². The van der Waals surface area contributed by atoms with Gasteiger partial charge in [-0.25, -0.2) is 4.98 Å². The quantitative estimate of drug-likeness (QED) is 0.357. The average Bonchev–Trinajstić information content (AvgIpc) is 3.47. The van der Waals surface area contributed by atoms with Gasteiger partial charge in [-0.2, -0.15) is 11.8 Å².